The topological polar surface area (TPSA) is 49.5 Å². The molecule has 0 bridgehead atoms. The fourth-order valence-electron chi connectivity index (χ4n) is 2.35. The van der Waals surface area contributed by atoms with E-state index in [9.17, 15) is 0 Å². The molecule has 1 aromatic rings. The normalized spacial score (nSPS) is 17.8. The summed E-state index contributed by atoms with van der Waals surface area (Å²) in [6.45, 7) is 4.38. The molecule has 0 aliphatic carbocycles. The second-order valence-electron chi connectivity index (χ2n) is 4.52. The third-order valence-electron chi connectivity index (χ3n) is 3.32. The average molecular weight is 220 g/mol. The number of aliphatic hydroxyl groups excluding tert-OH is 1. The molecule has 3 nitrogen and oxygen atoms in total. The first-order valence-electron chi connectivity index (χ1n) is 5.94. The predicted octanol–water partition coefficient (Wildman–Crippen LogP) is 1.59. The van der Waals surface area contributed by atoms with Gasteiger partial charge in [0.15, 0.2) is 0 Å². The van der Waals surface area contributed by atoms with E-state index in [-0.39, 0.29) is 12.6 Å². The second kappa shape index (κ2) is 4.85. The number of hydrogen-bond acceptors (Lipinski definition) is 3. The van der Waals surface area contributed by atoms with Gasteiger partial charge in [0.05, 0.1) is 12.6 Å². The fraction of sp³-hybridized carbons (Fsp3) is 0.538. The molecule has 1 aromatic carbocycles. The van der Waals surface area contributed by atoms with Crippen molar-refractivity contribution in [2.45, 2.75) is 25.8 Å². The zero-order valence-electron chi connectivity index (χ0n) is 9.82. The largest absolute Gasteiger partial charge is 0.394 e. The monoisotopic (exact) mass is 220 g/mol. The molecule has 0 amide bonds. The highest BCUT2D eigenvalue weighted by Crippen LogP contribution is 2.25. The van der Waals surface area contributed by atoms with Crippen LogP contribution in [-0.4, -0.2) is 24.8 Å². The van der Waals surface area contributed by atoms with E-state index in [0.29, 0.717) is 0 Å². The molecular weight excluding hydrogens is 200 g/mol. The summed E-state index contributed by atoms with van der Waals surface area (Å²) in [6.07, 6.45) is 2.58. The van der Waals surface area contributed by atoms with E-state index < -0.39 is 0 Å². The van der Waals surface area contributed by atoms with Crippen molar-refractivity contribution in [3.8, 4) is 0 Å². The van der Waals surface area contributed by atoms with Crippen molar-refractivity contribution >= 4 is 5.69 Å². The van der Waals surface area contributed by atoms with Gasteiger partial charge in [-0.3, -0.25) is 0 Å². The zero-order valence-corrected chi connectivity index (χ0v) is 9.82. The van der Waals surface area contributed by atoms with Gasteiger partial charge in [0.2, 0.25) is 0 Å². The highest BCUT2D eigenvalue weighted by atomic mass is 16.3. The Morgan fingerprint density at radius 2 is 2.06 bits per heavy atom. The van der Waals surface area contributed by atoms with E-state index in [4.69, 9.17) is 10.8 Å². The van der Waals surface area contributed by atoms with Crippen LogP contribution < -0.4 is 10.6 Å². The van der Waals surface area contributed by atoms with Crippen LogP contribution in [0.3, 0.4) is 0 Å². The van der Waals surface area contributed by atoms with Crippen molar-refractivity contribution in [1.82, 2.24) is 0 Å². The minimum absolute atomic E-state index is 0.00387. The Bertz CT molecular complexity index is 359. The number of nitrogens with zero attached hydrogens (tertiary/aromatic N) is 1. The predicted molar refractivity (Wildman–Crippen MR) is 66.6 cm³/mol. The lowest BCUT2D eigenvalue weighted by atomic mass is 10.0. The Balaban J connectivity index is 2.21. The molecule has 2 rings (SSSR count). The molecule has 0 aromatic heterocycles. The van der Waals surface area contributed by atoms with E-state index >= 15 is 0 Å². The van der Waals surface area contributed by atoms with Gasteiger partial charge in [-0.2, -0.15) is 0 Å². The molecule has 3 heteroatoms. The van der Waals surface area contributed by atoms with Gasteiger partial charge in [-0.15, -0.1) is 0 Å². The van der Waals surface area contributed by atoms with Gasteiger partial charge in [-0.25, -0.2) is 0 Å². The summed E-state index contributed by atoms with van der Waals surface area (Å²) >= 11 is 0. The minimum Gasteiger partial charge on any atom is -0.394 e. The Morgan fingerprint density at radius 3 is 2.62 bits per heavy atom. The maximum Gasteiger partial charge on any atom is 0.0624 e. The summed E-state index contributed by atoms with van der Waals surface area (Å²) in [7, 11) is 0. The molecule has 1 heterocycles. The second-order valence-corrected chi connectivity index (χ2v) is 4.52. The van der Waals surface area contributed by atoms with Crippen LogP contribution in [0.2, 0.25) is 0 Å². The quantitative estimate of drug-likeness (QED) is 0.813. The molecule has 16 heavy (non-hydrogen) atoms. The number of nitrogens with two attached hydrogens (primary N) is 1. The summed E-state index contributed by atoms with van der Waals surface area (Å²) < 4.78 is 0. The Morgan fingerprint density at radius 1 is 1.38 bits per heavy atom. The molecular formula is C13H20N2O. The molecule has 1 fully saturated rings. The fourth-order valence-corrected chi connectivity index (χ4v) is 2.35. The molecule has 0 saturated carbocycles. The number of anilines is 1. The standard InChI is InChI=1S/C13H20N2O/c1-10-8-11(15-6-2-3-7-15)4-5-12(10)13(14)9-16/h4-5,8,13,16H,2-3,6-7,9,14H2,1H3/t13-/m1/s1. The Kier molecular flexibility index (Phi) is 3.46. The van der Waals surface area contributed by atoms with Gasteiger partial charge < -0.3 is 15.7 Å². The summed E-state index contributed by atoms with van der Waals surface area (Å²) in [5.74, 6) is 0. The van der Waals surface area contributed by atoms with E-state index in [1.807, 2.05) is 6.07 Å². The zero-order chi connectivity index (χ0) is 11.5. The van der Waals surface area contributed by atoms with Crippen molar-refractivity contribution in [2.24, 2.45) is 5.73 Å². The number of hydrogen-bond donors (Lipinski definition) is 2. The lowest BCUT2D eigenvalue weighted by molar-refractivity contribution is 0.267. The van der Waals surface area contributed by atoms with Crippen molar-refractivity contribution < 1.29 is 5.11 Å². The molecule has 88 valence electrons. The highest BCUT2D eigenvalue weighted by Gasteiger charge is 2.14. The smallest absolute Gasteiger partial charge is 0.0624 e. The van der Waals surface area contributed by atoms with Crippen LogP contribution >= 0.6 is 0 Å². The van der Waals surface area contributed by atoms with Crippen molar-refractivity contribution in [3.05, 3.63) is 29.3 Å². The maximum atomic E-state index is 9.06. The number of benzene rings is 1. The van der Waals surface area contributed by atoms with Crippen LogP contribution in [0.1, 0.15) is 30.0 Å². The molecule has 0 radical (unpaired) electrons. The first-order chi connectivity index (χ1) is 7.72. The van der Waals surface area contributed by atoms with E-state index in [2.05, 4.69) is 24.0 Å². The Hall–Kier alpha value is -1.06. The van der Waals surface area contributed by atoms with Gasteiger partial charge in [-0.05, 0) is 43.0 Å². The van der Waals surface area contributed by atoms with Gasteiger partial charge in [-0.1, -0.05) is 6.07 Å². The van der Waals surface area contributed by atoms with Crippen molar-refractivity contribution in [1.29, 1.82) is 0 Å². The molecule has 1 aliphatic heterocycles. The molecule has 0 unspecified atom stereocenters. The van der Waals surface area contributed by atoms with Crippen LogP contribution in [0.15, 0.2) is 18.2 Å². The maximum absolute atomic E-state index is 9.06. The minimum atomic E-state index is -0.257. The van der Waals surface area contributed by atoms with Gasteiger partial charge in [0, 0.05) is 18.8 Å². The van der Waals surface area contributed by atoms with Crippen LogP contribution in [0.5, 0.6) is 0 Å². The van der Waals surface area contributed by atoms with Crippen LogP contribution in [0.25, 0.3) is 0 Å². The first-order valence-corrected chi connectivity index (χ1v) is 5.94. The van der Waals surface area contributed by atoms with E-state index in [1.165, 1.54) is 24.1 Å². The van der Waals surface area contributed by atoms with Crippen molar-refractivity contribution in [3.63, 3.8) is 0 Å². The van der Waals surface area contributed by atoms with E-state index in [1.54, 1.807) is 0 Å². The van der Waals surface area contributed by atoms with Gasteiger partial charge in [0.1, 0.15) is 0 Å². The number of rotatable bonds is 3. The highest BCUT2D eigenvalue weighted by molar-refractivity contribution is 5.52. The summed E-state index contributed by atoms with van der Waals surface area (Å²) in [4.78, 5) is 2.40. The summed E-state index contributed by atoms with van der Waals surface area (Å²) in [5.41, 5.74) is 9.34. The SMILES string of the molecule is Cc1cc(N2CCCC2)ccc1[C@H](N)CO. The molecule has 1 aliphatic rings. The Labute approximate surface area is 96.9 Å². The average Bonchev–Trinajstić information content (AvgIpc) is 2.81. The number of aryl methyl sites for hydroxylation is 1. The van der Waals surface area contributed by atoms with Crippen molar-refractivity contribution in [2.75, 3.05) is 24.6 Å². The van der Waals surface area contributed by atoms with Crippen LogP contribution in [0.4, 0.5) is 5.69 Å². The lowest BCUT2D eigenvalue weighted by Crippen LogP contribution is -2.19. The third kappa shape index (κ3) is 2.20. The molecule has 3 N–H and O–H groups in total. The summed E-state index contributed by atoms with van der Waals surface area (Å²) in [5, 5.41) is 9.06. The van der Waals surface area contributed by atoms with Gasteiger partial charge >= 0.3 is 0 Å². The van der Waals surface area contributed by atoms with Gasteiger partial charge in [0.25, 0.3) is 0 Å². The van der Waals surface area contributed by atoms with E-state index in [0.717, 1.165) is 18.7 Å². The first kappa shape index (κ1) is 11.4. The summed E-state index contributed by atoms with van der Waals surface area (Å²) in [6, 6.07) is 6.08. The molecule has 1 atom stereocenters. The molecule has 0 spiro atoms. The molecule has 1 saturated heterocycles. The number of aliphatic hydroxyl groups is 1. The van der Waals surface area contributed by atoms with Crippen LogP contribution in [0, 0.1) is 6.92 Å². The lowest BCUT2D eigenvalue weighted by Gasteiger charge is -2.20. The van der Waals surface area contributed by atoms with Crippen LogP contribution in [-0.2, 0) is 0 Å². The third-order valence-corrected chi connectivity index (χ3v) is 3.32.